The summed E-state index contributed by atoms with van der Waals surface area (Å²) >= 11 is 9.15. The van der Waals surface area contributed by atoms with E-state index >= 15 is 0 Å². The topological polar surface area (TPSA) is 39.9 Å². The SMILES string of the molecule is COc1ccc(C)cc1-n1c(SCc2c(F)cccc2Cl)nnc1-c1cccs1. The van der Waals surface area contributed by atoms with Crippen LogP contribution in [0.3, 0.4) is 0 Å². The molecule has 8 heteroatoms. The van der Waals surface area contributed by atoms with Gasteiger partial charge in [-0.3, -0.25) is 4.57 Å². The standard InChI is InChI=1S/C21H17ClFN3OS2/c1-13-8-9-18(27-2)17(11-13)26-20(19-7-4-10-28-19)24-25-21(26)29-12-14-15(22)5-3-6-16(14)23/h3-11H,12H2,1-2H3. The summed E-state index contributed by atoms with van der Waals surface area (Å²) in [5.41, 5.74) is 2.37. The molecule has 0 atom stereocenters. The lowest BCUT2D eigenvalue weighted by Crippen LogP contribution is -2.03. The van der Waals surface area contributed by atoms with E-state index in [4.69, 9.17) is 16.3 Å². The van der Waals surface area contributed by atoms with Gasteiger partial charge in [0.05, 0.1) is 17.7 Å². The van der Waals surface area contributed by atoms with Crippen LogP contribution in [-0.2, 0) is 5.75 Å². The van der Waals surface area contributed by atoms with Crippen molar-refractivity contribution in [2.24, 2.45) is 0 Å². The van der Waals surface area contributed by atoms with Gasteiger partial charge in [-0.2, -0.15) is 0 Å². The zero-order valence-electron chi connectivity index (χ0n) is 15.7. The molecule has 0 spiro atoms. The number of hydrogen-bond donors (Lipinski definition) is 0. The molecule has 0 aliphatic carbocycles. The number of benzene rings is 2. The molecule has 148 valence electrons. The van der Waals surface area contributed by atoms with Crippen LogP contribution in [0.15, 0.2) is 59.1 Å². The maximum absolute atomic E-state index is 14.2. The normalized spacial score (nSPS) is 11.0. The Morgan fingerprint density at radius 1 is 1.17 bits per heavy atom. The van der Waals surface area contributed by atoms with E-state index in [-0.39, 0.29) is 5.82 Å². The zero-order valence-corrected chi connectivity index (χ0v) is 18.1. The minimum Gasteiger partial charge on any atom is -0.495 e. The fourth-order valence-electron chi connectivity index (χ4n) is 2.93. The highest BCUT2D eigenvalue weighted by Crippen LogP contribution is 2.36. The number of hydrogen-bond acceptors (Lipinski definition) is 5. The molecule has 2 aromatic carbocycles. The molecular weight excluding hydrogens is 429 g/mol. The highest BCUT2D eigenvalue weighted by atomic mass is 35.5. The van der Waals surface area contributed by atoms with Gasteiger partial charge in [0.1, 0.15) is 11.6 Å². The smallest absolute Gasteiger partial charge is 0.196 e. The summed E-state index contributed by atoms with van der Waals surface area (Å²) in [4.78, 5) is 0.983. The van der Waals surface area contributed by atoms with Crippen molar-refractivity contribution in [1.29, 1.82) is 0 Å². The lowest BCUT2D eigenvalue weighted by molar-refractivity contribution is 0.412. The Bertz CT molecular complexity index is 1120. The molecule has 0 N–H and O–H groups in total. The van der Waals surface area contributed by atoms with Gasteiger partial charge in [-0.05, 0) is 48.2 Å². The fourth-order valence-corrected chi connectivity index (χ4v) is 4.91. The first kappa shape index (κ1) is 19.9. The van der Waals surface area contributed by atoms with Crippen LogP contribution in [0, 0.1) is 12.7 Å². The van der Waals surface area contributed by atoms with E-state index in [1.54, 1.807) is 30.6 Å². The van der Waals surface area contributed by atoms with Gasteiger partial charge >= 0.3 is 0 Å². The molecule has 4 aromatic rings. The molecule has 0 amide bonds. The van der Waals surface area contributed by atoms with Gasteiger partial charge in [0.25, 0.3) is 0 Å². The number of methoxy groups -OCH3 is 1. The number of nitrogens with zero attached hydrogens (tertiary/aromatic N) is 3. The number of thiophene rings is 1. The number of halogens is 2. The van der Waals surface area contributed by atoms with E-state index in [0.29, 0.717) is 33.1 Å². The van der Waals surface area contributed by atoms with Crippen molar-refractivity contribution in [1.82, 2.24) is 14.8 Å². The van der Waals surface area contributed by atoms with Crippen LogP contribution in [-0.4, -0.2) is 21.9 Å². The maximum atomic E-state index is 14.2. The number of ether oxygens (including phenoxy) is 1. The highest BCUT2D eigenvalue weighted by molar-refractivity contribution is 7.98. The van der Waals surface area contributed by atoms with E-state index in [1.165, 1.54) is 17.8 Å². The molecule has 0 saturated heterocycles. The predicted octanol–water partition coefficient (Wildman–Crippen LogP) is 6.40. The third-order valence-corrected chi connectivity index (χ3v) is 6.53. The van der Waals surface area contributed by atoms with Gasteiger partial charge in [-0.25, -0.2) is 4.39 Å². The average molecular weight is 446 g/mol. The number of aryl methyl sites for hydroxylation is 1. The number of aromatic nitrogens is 3. The molecule has 0 aliphatic heterocycles. The van der Waals surface area contributed by atoms with Crippen molar-refractivity contribution < 1.29 is 9.13 Å². The average Bonchev–Trinajstić information content (AvgIpc) is 3.37. The van der Waals surface area contributed by atoms with Crippen LogP contribution in [0.1, 0.15) is 11.1 Å². The summed E-state index contributed by atoms with van der Waals surface area (Å²) in [5.74, 6) is 1.43. The van der Waals surface area contributed by atoms with Gasteiger partial charge < -0.3 is 4.74 Å². The molecule has 4 nitrogen and oxygen atoms in total. The van der Waals surface area contributed by atoms with E-state index in [0.717, 1.165) is 16.1 Å². The van der Waals surface area contributed by atoms with Crippen LogP contribution in [0.4, 0.5) is 4.39 Å². The number of thioether (sulfide) groups is 1. The van der Waals surface area contributed by atoms with Crippen LogP contribution in [0.25, 0.3) is 16.4 Å². The van der Waals surface area contributed by atoms with Gasteiger partial charge in [-0.15, -0.1) is 21.5 Å². The highest BCUT2D eigenvalue weighted by Gasteiger charge is 2.20. The molecular formula is C21H17ClFN3OS2. The second-order valence-corrected chi connectivity index (χ2v) is 8.58. The third-order valence-electron chi connectivity index (χ3n) is 4.36. The minimum atomic E-state index is -0.331. The molecule has 2 aromatic heterocycles. The van der Waals surface area contributed by atoms with Gasteiger partial charge in [0, 0.05) is 16.3 Å². The summed E-state index contributed by atoms with van der Waals surface area (Å²) < 4.78 is 21.8. The third kappa shape index (κ3) is 4.03. The second kappa shape index (κ2) is 8.57. The largest absolute Gasteiger partial charge is 0.495 e. The Morgan fingerprint density at radius 2 is 2.03 bits per heavy atom. The first-order valence-corrected chi connectivity index (χ1v) is 11.0. The zero-order chi connectivity index (χ0) is 20.4. The molecule has 0 radical (unpaired) electrons. The minimum absolute atomic E-state index is 0.331. The van der Waals surface area contributed by atoms with Crippen LogP contribution < -0.4 is 4.74 Å². The number of rotatable bonds is 6. The maximum Gasteiger partial charge on any atom is 0.196 e. The van der Waals surface area contributed by atoms with Crippen molar-refractivity contribution in [3.8, 4) is 22.1 Å². The first-order valence-electron chi connectivity index (χ1n) is 8.78. The van der Waals surface area contributed by atoms with Crippen molar-refractivity contribution in [3.05, 3.63) is 75.9 Å². The molecule has 0 fully saturated rings. The fraction of sp³-hybridized carbons (Fsp3) is 0.143. The van der Waals surface area contributed by atoms with E-state index in [1.807, 2.05) is 47.2 Å². The summed E-state index contributed by atoms with van der Waals surface area (Å²) in [6, 6.07) is 14.6. The lowest BCUT2D eigenvalue weighted by atomic mass is 10.2. The second-order valence-electron chi connectivity index (χ2n) is 6.28. The van der Waals surface area contributed by atoms with Crippen molar-refractivity contribution in [2.75, 3.05) is 7.11 Å². The summed E-state index contributed by atoms with van der Waals surface area (Å²) in [7, 11) is 1.63. The van der Waals surface area contributed by atoms with E-state index < -0.39 is 0 Å². The first-order chi connectivity index (χ1) is 14.1. The van der Waals surface area contributed by atoms with Crippen molar-refractivity contribution in [2.45, 2.75) is 17.8 Å². The van der Waals surface area contributed by atoms with Gasteiger partial charge in [-0.1, -0.05) is 41.6 Å². The summed E-state index contributed by atoms with van der Waals surface area (Å²) in [6.07, 6.45) is 0. The Balaban J connectivity index is 1.81. The molecule has 0 bridgehead atoms. The summed E-state index contributed by atoms with van der Waals surface area (Å²) in [5, 5.41) is 11.8. The Morgan fingerprint density at radius 3 is 2.76 bits per heavy atom. The quantitative estimate of drug-likeness (QED) is 0.322. The van der Waals surface area contributed by atoms with Gasteiger partial charge in [0.15, 0.2) is 11.0 Å². The molecule has 0 aliphatic rings. The Kier molecular flexibility index (Phi) is 5.89. The van der Waals surface area contributed by atoms with Crippen molar-refractivity contribution >= 4 is 34.7 Å². The van der Waals surface area contributed by atoms with E-state index in [9.17, 15) is 4.39 Å². The van der Waals surface area contributed by atoms with Gasteiger partial charge in [0.2, 0.25) is 0 Å². The molecule has 0 saturated carbocycles. The summed E-state index contributed by atoms with van der Waals surface area (Å²) in [6.45, 7) is 2.02. The van der Waals surface area contributed by atoms with E-state index in [2.05, 4.69) is 10.2 Å². The Hall–Kier alpha value is -2.35. The molecule has 4 rings (SSSR count). The molecule has 29 heavy (non-hydrogen) atoms. The van der Waals surface area contributed by atoms with Crippen LogP contribution in [0.2, 0.25) is 5.02 Å². The van der Waals surface area contributed by atoms with Crippen LogP contribution >= 0.6 is 34.7 Å². The molecule has 2 heterocycles. The molecule has 0 unspecified atom stereocenters. The van der Waals surface area contributed by atoms with Crippen molar-refractivity contribution in [3.63, 3.8) is 0 Å². The Labute approximate surface area is 181 Å². The lowest BCUT2D eigenvalue weighted by Gasteiger charge is -2.14. The monoisotopic (exact) mass is 445 g/mol. The van der Waals surface area contributed by atoms with Crippen LogP contribution in [0.5, 0.6) is 5.75 Å². The predicted molar refractivity (Wildman–Crippen MR) is 117 cm³/mol.